The van der Waals surface area contributed by atoms with E-state index in [1.165, 1.54) is 11.0 Å². The van der Waals surface area contributed by atoms with Crippen molar-refractivity contribution in [3.05, 3.63) is 42.5 Å². The van der Waals surface area contributed by atoms with Gasteiger partial charge in [-0.15, -0.1) is 0 Å². The predicted octanol–water partition coefficient (Wildman–Crippen LogP) is 1.82. The van der Waals surface area contributed by atoms with Gasteiger partial charge >= 0.3 is 0 Å². The Labute approximate surface area is 148 Å². The minimum absolute atomic E-state index is 0.0238. The van der Waals surface area contributed by atoms with Crippen molar-refractivity contribution in [1.82, 2.24) is 9.80 Å². The SMILES string of the molecule is C=CC(=O)Nc1ccc(CCC(=O)N(C)CC(=O)N2CCCC2)cc1. The average Bonchev–Trinajstić information content (AvgIpc) is 3.15. The van der Waals surface area contributed by atoms with Gasteiger partial charge in [0.1, 0.15) is 0 Å². The fourth-order valence-electron chi connectivity index (χ4n) is 2.75. The van der Waals surface area contributed by atoms with Crippen LogP contribution in [0.15, 0.2) is 36.9 Å². The maximum Gasteiger partial charge on any atom is 0.247 e. The van der Waals surface area contributed by atoms with E-state index in [-0.39, 0.29) is 24.3 Å². The lowest BCUT2D eigenvalue weighted by atomic mass is 10.1. The lowest BCUT2D eigenvalue weighted by molar-refractivity contribution is -0.138. The Morgan fingerprint density at radius 1 is 1.20 bits per heavy atom. The third kappa shape index (κ3) is 5.74. The van der Waals surface area contributed by atoms with Crippen LogP contribution in [0.5, 0.6) is 0 Å². The van der Waals surface area contributed by atoms with E-state index in [4.69, 9.17) is 0 Å². The van der Waals surface area contributed by atoms with Gasteiger partial charge in [0.2, 0.25) is 17.7 Å². The molecule has 25 heavy (non-hydrogen) atoms. The normalized spacial score (nSPS) is 13.4. The quantitative estimate of drug-likeness (QED) is 0.768. The molecule has 2 rings (SSSR count). The van der Waals surface area contributed by atoms with Crippen molar-refractivity contribution in [2.24, 2.45) is 0 Å². The summed E-state index contributed by atoms with van der Waals surface area (Å²) in [4.78, 5) is 38.8. The molecule has 0 radical (unpaired) electrons. The van der Waals surface area contributed by atoms with Gasteiger partial charge in [0.15, 0.2) is 0 Å². The highest BCUT2D eigenvalue weighted by atomic mass is 16.2. The second-order valence-corrected chi connectivity index (χ2v) is 6.23. The van der Waals surface area contributed by atoms with Crippen molar-refractivity contribution >= 4 is 23.4 Å². The number of carbonyl (C=O) groups excluding carboxylic acids is 3. The fraction of sp³-hybridized carbons (Fsp3) is 0.421. The molecular formula is C19H25N3O3. The zero-order valence-electron chi connectivity index (χ0n) is 14.7. The van der Waals surface area contributed by atoms with E-state index in [2.05, 4.69) is 11.9 Å². The molecule has 0 saturated carbocycles. The number of amides is 3. The van der Waals surface area contributed by atoms with Crippen LogP contribution < -0.4 is 5.32 Å². The number of nitrogens with zero attached hydrogens (tertiary/aromatic N) is 2. The monoisotopic (exact) mass is 343 g/mol. The van der Waals surface area contributed by atoms with Crippen LogP contribution in [0.2, 0.25) is 0 Å². The van der Waals surface area contributed by atoms with E-state index < -0.39 is 0 Å². The number of likely N-dealkylation sites (N-methyl/N-ethyl adjacent to an activating group) is 1. The van der Waals surface area contributed by atoms with E-state index in [1.54, 1.807) is 19.2 Å². The maximum absolute atomic E-state index is 12.2. The lowest BCUT2D eigenvalue weighted by Gasteiger charge is -2.21. The second kappa shape index (κ2) is 9.01. The molecule has 0 atom stereocenters. The van der Waals surface area contributed by atoms with Gasteiger partial charge in [-0.2, -0.15) is 0 Å². The number of likely N-dealkylation sites (tertiary alicyclic amines) is 1. The molecule has 1 heterocycles. The minimum Gasteiger partial charge on any atom is -0.341 e. The van der Waals surface area contributed by atoms with Gasteiger partial charge in [0.25, 0.3) is 0 Å². The molecule has 1 saturated heterocycles. The highest BCUT2D eigenvalue weighted by molar-refractivity contribution is 5.98. The van der Waals surface area contributed by atoms with Crippen LogP contribution in [0.25, 0.3) is 0 Å². The minimum atomic E-state index is -0.257. The van der Waals surface area contributed by atoms with Gasteiger partial charge in [-0.05, 0) is 43.0 Å². The zero-order chi connectivity index (χ0) is 18.2. The first-order valence-electron chi connectivity index (χ1n) is 8.53. The molecule has 1 aliphatic heterocycles. The highest BCUT2D eigenvalue weighted by Crippen LogP contribution is 2.12. The molecule has 0 aliphatic carbocycles. The summed E-state index contributed by atoms with van der Waals surface area (Å²) in [6, 6.07) is 7.34. The van der Waals surface area contributed by atoms with E-state index in [0.717, 1.165) is 31.5 Å². The van der Waals surface area contributed by atoms with Crippen molar-refractivity contribution in [3.8, 4) is 0 Å². The third-order valence-corrected chi connectivity index (χ3v) is 4.29. The van der Waals surface area contributed by atoms with Crippen LogP contribution in [-0.4, -0.2) is 54.2 Å². The Morgan fingerprint density at radius 2 is 1.84 bits per heavy atom. The van der Waals surface area contributed by atoms with E-state index in [0.29, 0.717) is 18.5 Å². The van der Waals surface area contributed by atoms with E-state index in [1.807, 2.05) is 17.0 Å². The molecule has 1 fully saturated rings. The average molecular weight is 343 g/mol. The van der Waals surface area contributed by atoms with Crippen LogP contribution in [0.1, 0.15) is 24.8 Å². The van der Waals surface area contributed by atoms with Crippen LogP contribution >= 0.6 is 0 Å². The Morgan fingerprint density at radius 3 is 2.44 bits per heavy atom. The van der Waals surface area contributed by atoms with Gasteiger partial charge in [0, 0.05) is 32.2 Å². The number of carbonyl (C=O) groups is 3. The smallest absolute Gasteiger partial charge is 0.247 e. The molecule has 6 nitrogen and oxygen atoms in total. The number of anilines is 1. The van der Waals surface area contributed by atoms with Crippen LogP contribution in [-0.2, 0) is 20.8 Å². The summed E-state index contributed by atoms with van der Waals surface area (Å²) in [6.45, 7) is 5.15. The Balaban J connectivity index is 1.77. The number of nitrogens with one attached hydrogen (secondary N) is 1. The number of hydrogen-bond donors (Lipinski definition) is 1. The fourth-order valence-corrected chi connectivity index (χ4v) is 2.75. The third-order valence-electron chi connectivity index (χ3n) is 4.29. The molecule has 0 unspecified atom stereocenters. The van der Waals surface area contributed by atoms with Gasteiger partial charge in [-0.25, -0.2) is 0 Å². The molecule has 1 aromatic rings. The molecule has 0 aromatic heterocycles. The lowest BCUT2D eigenvalue weighted by Crippen LogP contribution is -2.39. The van der Waals surface area contributed by atoms with Crippen molar-refractivity contribution in [1.29, 1.82) is 0 Å². The summed E-state index contributed by atoms with van der Waals surface area (Å²) in [5, 5.41) is 2.68. The van der Waals surface area contributed by atoms with Crippen molar-refractivity contribution in [3.63, 3.8) is 0 Å². The number of hydrogen-bond acceptors (Lipinski definition) is 3. The molecule has 1 aliphatic rings. The predicted molar refractivity (Wildman–Crippen MR) is 97.0 cm³/mol. The number of rotatable bonds is 7. The molecule has 1 N–H and O–H groups in total. The summed E-state index contributed by atoms with van der Waals surface area (Å²) < 4.78 is 0. The van der Waals surface area contributed by atoms with E-state index >= 15 is 0 Å². The largest absolute Gasteiger partial charge is 0.341 e. The molecule has 6 heteroatoms. The van der Waals surface area contributed by atoms with Gasteiger partial charge in [-0.1, -0.05) is 18.7 Å². The second-order valence-electron chi connectivity index (χ2n) is 6.23. The van der Waals surface area contributed by atoms with Crippen molar-refractivity contribution in [2.75, 3.05) is 32.0 Å². The van der Waals surface area contributed by atoms with Crippen LogP contribution in [0, 0.1) is 0 Å². The summed E-state index contributed by atoms with van der Waals surface area (Å²) in [6.07, 6.45) is 4.25. The maximum atomic E-state index is 12.2. The number of aryl methyl sites for hydroxylation is 1. The molecule has 134 valence electrons. The van der Waals surface area contributed by atoms with Crippen LogP contribution in [0.3, 0.4) is 0 Å². The molecular weight excluding hydrogens is 318 g/mol. The van der Waals surface area contributed by atoms with Crippen molar-refractivity contribution in [2.45, 2.75) is 25.7 Å². The van der Waals surface area contributed by atoms with Gasteiger partial charge in [-0.3, -0.25) is 14.4 Å². The molecule has 3 amide bonds. The van der Waals surface area contributed by atoms with Gasteiger partial charge < -0.3 is 15.1 Å². The summed E-state index contributed by atoms with van der Waals surface area (Å²) in [5.74, 6) is -0.278. The zero-order valence-corrected chi connectivity index (χ0v) is 14.7. The summed E-state index contributed by atoms with van der Waals surface area (Å²) in [7, 11) is 1.67. The number of benzene rings is 1. The molecule has 0 spiro atoms. The van der Waals surface area contributed by atoms with Crippen LogP contribution in [0.4, 0.5) is 5.69 Å². The summed E-state index contributed by atoms with van der Waals surface area (Å²) >= 11 is 0. The topological polar surface area (TPSA) is 69.7 Å². The molecule has 0 bridgehead atoms. The van der Waals surface area contributed by atoms with Crippen molar-refractivity contribution < 1.29 is 14.4 Å². The standard InChI is InChI=1S/C19H25N3O3/c1-3-17(23)20-16-9-6-15(7-10-16)8-11-18(24)21(2)14-19(25)22-12-4-5-13-22/h3,6-7,9-10H,1,4-5,8,11-14H2,2H3,(H,20,23). The Bertz CT molecular complexity index is 634. The highest BCUT2D eigenvalue weighted by Gasteiger charge is 2.20. The first-order valence-corrected chi connectivity index (χ1v) is 8.53. The first kappa shape index (κ1) is 18.7. The summed E-state index contributed by atoms with van der Waals surface area (Å²) in [5.41, 5.74) is 1.69. The Kier molecular flexibility index (Phi) is 6.74. The Hall–Kier alpha value is -2.63. The van der Waals surface area contributed by atoms with Gasteiger partial charge in [0.05, 0.1) is 6.54 Å². The van der Waals surface area contributed by atoms with E-state index in [9.17, 15) is 14.4 Å². The molecule has 1 aromatic carbocycles. The first-order chi connectivity index (χ1) is 12.0.